The van der Waals surface area contributed by atoms with Gasteiger partial charge in [0.1, 0.15) is 17.3 Å². The molecule has 6 nitrogen and oxygen atoms in total. The molecule has 1 amide bonds. The Balaban J connectivity index is 1.39. The van der Waals surface area contributed by atoms with Gasteiger partial charge in [-0.3, -0.25) is 4.79 Å². The van der Waals surface area contributed by atoms with Crippen LogP contribution < -0.4 is 5.32 Å². The van der Waals surface area contributed by atoms with Gasteiger partial charge in [-0.25, -0.2) is 9.37 Å². The second-order valence-electron chi connectivity index (χ2n) is 7.84. The Morgan fingerprint density at radius 1 is 1.23 bits per heavy atom. The average Bonchev–Trinajstić information content (AvgIpc) is 3.35. The summed E-state index contributed by atoms with van der Waals surface area (Å²) in [5.74, 6) is 0.860. The Morgan fingerprint density at radius 2 is 2.03 bits per heavy atom. The van der Waals surface area contributed by atoms with E-state index in [0.717, 1.165) is 17.8 Å². The highest BCUT2D eigenvalue weighted by Gasteiger charge is 2.22. The van der Waals surface area contributed by atoms with E-state index in [1.54, 1.807) is 37.5 Å². The van der Waals surface area contributed by atoms with Crippen molar-refractivity contribution in [1.82, 2.24) is 20.0 Å². The Bertz CT molecular complexity index is 1240. The van der Waals surface area contributed by atoms with Crippen LogP contribution in [0.5, 0.6) is 0 Å². The Hall–Kier alpha value is -3.74. The lowest BCUT2D eigenvalue weighted by molar-refractivity contribution is 0.0952. The van der Waals surface area contributed by atoms with Crippen molar-refractivity contribution >= 4 is 5.91 Å². The third-order valence-electron chi connectivity index (χ3n) is 5.48. The standard InChI is InChI=1S/C24H21FN4O2/c1-15-22(23(28-31-15)18-3-2-4-19(25)11-18)21-13-29(14-27-21)20-9-7-17(8-10-20)24(30)26-12-16-5-6-16/h2-4,7-11,13-14,16H,5-6,12H2,1H3,(H,26,30). The van der Waals surface area contributed by atoms with Crippen LogP contribution in [0.25, 0.3) is 28.2 Å². The molecule has 0 radical (unpaired) electrons. The van der Waals surface area contributed by atoms with Crippen molar-refractivity contribution in [2.24, 2.45) is 5.92 Å². The van der Waals surface area contributed by atoms with Crippen LogP contribution >= 0.6 is 0 Å². The van der Waals surface area contributed by atoms with E-state index in [0.29, 0.717) is 34.2 Å². The van der Waals surface area contributed by atoms with E-state index in [-0.39, 0.29) is 11.7 Å². The summed E-state index contributed by atoms with van der Waals surface area (Å²) in [7, 11) is 0. The molecule has 0 atom stereocenters. The third kappa shape index (κ3) is 3.99. The first-order valence-electron chi connectivity index (χ1n) is 10.2. The van der Waals surface area contributed by atoms with Crippen LogP contribution in [0.15, 0.2) is 65.6 Å². The molecule has 0 unspecified atom stereocenters. The number of halogens is 1. The molecule has 0 aliphatic heterocycles. The number of nitrogens with zero attached hydrogens (tertiary/aromatic N) is 3. The molecule has 2 heterocycles. The summed E-state index contributed by atoms with van der Waals surface area (Å²) in [6.45, 7) is 2.55. The molecule has 1 N–H and O–H groups in total. The van der Waals surface area contributed by atoms with Crippen molar-refractivity contribution in [3.05, 3.63) is 78.2 Å². The lowest BCUT2D eigenvalue weighted by Gasteiger charge is -2.06. The second kappa shape index (κ2) is 7.83. The van der Waals surface area contributed by atoms with Crippen LogP contribution in [-0.4, -0.2) is 27.2 Å². The van der Waals surface area contributed by atoms with Gasteiger partial charge in [-0.2, -0.15) is 0 Å². The summed E-state index contributed by atoms with van der Waals surface area (Å²) in [5.41, 5.74) is 4.07. The molecule has 5 rings (SSSR count). The molecule has 0 spiro atoms. The molecular weight excluding hydrogens is 395 g/mol. The van der Waals surface area contributed by atoms with Crippen molar-refractivity contribution < 1.29 is 13.7 Å². The monoisotopic (exact) mass is 416 g/mol. The average molecular weight is 416 g/mol. The maximum Gasteiger partial charge on any atom is 0.251 e. The highest BCUT2D eigenvalue weighted by Crippen LogP contribution is 2.34. The van der Waals surface area contributed by atoms with Crippen LogP contribution in [0.3, 0.4) is 0 Å². The maximum absolute atomic E-state index is 13.7. The van der Waals surface area contributed by atoms with Crippen molar-refractivity contribution in [3.8, 4) is 28.2 Å². The first-order chi connectivity index (χ1) is 15.1. The zero-order valence-electron chi connectivity index (χ0n) is 17.0. The van der Waals surface area contributed by atoms with Crippen LogP contribution in [0, 0.1) is 18.7 Å². The van der Waals surface area contributed by atoms with Crippen LogP contribution in [-0.2, 0) is 0 Å². The number of nitrogens with one attached hydrogen (secondary N) is 1. The van der Waals surface area contributed by atoms with Gasteiger partial charge in [0.2, 0.25) is 0 Å². The molecule has 2 aromatic heterocycles. The Kier molecular flexibility index (Phi) is 4.86. The van der Waals surface area contributed by atoms with E-state index in [1.807, 2.05) is 22.9 Å². The number of amides is 1. The number of aryl methyl sites for hydroxylation is 1. The number of benzene rings is 2. The number of carbonyl (C=O) groups is 1. The largest absolute Gasteiger partial charge is 0.360 e. The van der Waals surface area contributed by atoms with Crippen LogP contribution in [0.1, 0.15) is 29.0 Å². The minimum Gasteiger partial charge on any atom is -0.360 e. The number of hydrogen-bond donors (Lipinski definition) is 1. The molecule has 2 aromatic carbocycles. The zero-order chi connectivity index (χ0) is 21.4. The zero-order valence-corrected chi connectivity index (χ0v) is 17.0. The summed E-state index contributed by atoms with van der Waals surface area (Å²) in [4.78, 5) is 16.8. The quantitative estimate of drug-likeness (QED) is 0.491. The SMILES string of the molecule is Cc1onc(-c2cccc(F)c2)c1-c1cn(-c2ccc(C(=O)NCC3CC3)cc2)cn1. The molecular formula is C24H21FN4O2. The number of hydrogen-bond acceptors (Lipinski definition) is 4. The van der Waals surface area contributed by atoms with Gasteiger partial charge in [-0.15, -0.1) is 0 Å². The van der Waals surface area contributed by atoms with E-state index >= 15 is 0 Å². The highest BCUT2D eigenvalue weighted by atomic mass is 19.1. The third-order valence-corrected chi connectivity index (χ3v) is 5.48. The van der Waals surface area contributed by atoms with Crippen LogP contribution in [0.2, 0.25) is 0 Å². The number of rotatable bonds is 6. The Labute approximate surface area is 178 Å². The van der Waals surface area contributed by atoms with Gasteiger partial charge in [0.05, 0.1) is 17.6 Å². The molecule has 156 valence electrons. The molecule has 0 saturated heterocycles. The number of aromatic nitrogens is 3. The van der Waals surface area contributed by atoms with Crippen LogP contribution in [0.4, 0.5) is 4.39 Å². The topological polar surface area (TPSA) is 73.0 Å². The summed E-state index contributed by atoms with van der Waals surface area (Å²) >= 11 is 0. The van der Waals surface area contributed by atoms with Crippen molar-refractivity contribution in [2.75, 3.05) is 6.54 Å². The highest BCUT2D eigenvalue weighted by molar-refractivity contribution is 5.94. The van der Waals surface area contributed by atoms with E-state index in [9.17, 15) is 9.18 Å². The smallest absolute Gasteiger partial charge is 0.251 e. The predicted molar refractivity (Wildman–Crippen MR) is 114 cm³/mol. The predicted octanol–water partition coefficient (Wildman–Crippen LogP) is 4.78. The normalized spacial score (nSPS) is 13.4. The molecule has 4 aromatic rings. The van der Waals surface area contributed by atoms with Crippen molar-refractivity contribution in [2.45, 2.75) is 19.8 Å². The summed E-state index contributed by atoms with van der Waals surface area (Å²) in [6, 6.07) is 13.6. The van der Waals surface area contributed by atoms with Gasteiger partial charge in [-0.05, 0) is 62.1 Å². The van der Waals surface area contributed by atoms with Gasteiger partial charge >= 0.3 is 0 Å². The van der Waals surface area contributed by atoms with Gasteiger partial charge in [0.25, 0.3) is 5.91 Å². The maximum atomic E-state index is 13.7. The van der Waals surface area contributed by atoms with Gasteiger partial charge in [0, 0.05) is 29.6 Å². The van der Waals surface area contributed by atoms with Gasteiger partial charge < -0.3 is 14.4 Å². The number of carbonyl (C=O) groups excluding carboxylic acids is 1. The fourth-order valence-electron chi connectivity index (χ4n) is 3.55. The molecule has 31 heavy (non-hydrogen) atoms. The van der Waals surface area contributed by atoms with Crippen molar-refractivity contribution in [3.63, 3.8) is 0 Å². The lowest BCUT2D eigenvalue weighted by atomic mass is 10.0. The van der Waals surface area contributed by atoms with Gasteiger partial charge in [0.15, 0.2) is 0 Å². The van der Waals surface area contributed by atoms with E-state index in [2.05, 4.69) is 15.5 Å². The van der Waals surface area contributed by atoms with Crippen molar-refractivity contribution in [1.29, 1.82) is 0 Å². The minimum absolute atomic E-state index is 0.0513. The molecule has 1 aliphatic rings. The summed E-state index contributed by atoms with van der Waals surface area (Å²) < 4.78 is 20.9. The van der Waals surface area contributed by atoms with E-state index in [1.165, 1.54) is 25.0 Å². The number of imidazole rings is 1. The molecule has 0 bridgehead atoms. The minimum atomic E-state index is -0.337. The first kappa shape index (κ1) is 19.2. The van der Waals surface area contributed by atoms with E-state index < -0.39 is 0 Å². The first-order valence-corrected chi connectivity index (χ1v) is 10.2. The fourth-order valence-corrected chi connectivity index (χ4v) is 3.55. The molecule has 1 aliphatic carbocycles. The van der Waals surface area contributed by atoms with Gasteiger partial charge in [-0.1, -0.05) is 17.3 Å². The summed E-state index contributed by atoms with van der Waals surface area (Å²) in [6.07, 6.45) is 5.97. The van der Waals surface area contributed by atoms with E-state index in [4.69, 9.17) is 4.52 Å². The molecule has 1 saturated carbocycles. The molecule has 1 fully saturated rings. The fraction of sp³-hybridized carbons (Fsp3) is 0.208. The second-order valence-corrected chi connectivity index (χ2v) is 7.84. The lowest BCUT2D eigenvalue weighted by Crippen LogP contribution is -2.25. The Morgan fingerprint density at radius 3 is 2.77 bits per heavy atom. The summed E-state index contributed by atoms with van der Waals surface area (Å²) in [5, 5.41) is 7.09. The molecule has 7 heteroatoms.